The van der Waals surface area contributed by atoms with E-state index in [1.807, 2.05) is 6.92 Å². The summed E-state index contributed by atoms with van der Waals surface area (Å²) in [6, 6.07) is 8.08. The lowest BCUT2D eigenvalue weighted by Gasteiger charge is -2.23. The van der Waals surface area contributed by atoms with Crippen molar-refractivity contribution in [2.75, 3.05) is 5.73 Å². The Bertz CT molecular complexity index is 1670. The number of fused-ring (bicyclic) bond motifs is 1. The smallest absolute Gasteiger partial charge is 0.271 e. The van der Waals surface area contributed by atoms with Crippen LogP contribution in [0, 0.1) is 6.92 Å². The van der Waals surface area contributed by atoms with Crippen LogP contribution in [0.2, 0.25) is 0 Å². The fourth-order valence-corrected chi connectivity index (χ4v) is 5.81. The minimum Gasteiger partial charge on any atom is -0.369 e. The fraction of sp³-hybridized carbons (Fsp3) is 0.387. The summed E-state index contributed by atoms with van der Waals surface area (Å²) >= 11 is 0. The van der Waals surface area contributed by atoms with Crippen molar-refractivity contribution in [1.82, 2.24) is 19.8 Å². The Morgan fingerprint density at radius 3 is 2.50 bits per heavy atom. The molecule has 3 heterocycles. The number of alkyl halides is 4. The molecule has 0 saturated heterocycles. The molecule has 2 amide bonds. The van der Waals surface area contributed by atoms with Crippen LogP contribution >= 0.6 is 0 Å². The summed E-state index contributed by atoms with van der Waals surface area (Å²) in [5.41, 5.74) is 14.6. The van der Waals surface area contributed by atoms with Gasteiger partial charge in [0.15, 0.2) is 12.0 Å². The number of halogens is 4. The first-order valence-electron chi connectivity index (χ1n) is 14.1. The van der Waals surface area contributed by atoms with Gasteiger partial charge in [0.2, 0.25) is 11.9 Å². The van der Waals surface area contributed by atoms with E-state index in [2.05, 4.69) is 15.0 Å². The molecular formula is C31H33F4N7O2. The summed E-state index contributed by atoms with van der Waals surface area (Å²) in [5, 5.41) is 0. The van der Waals surface area contributed by atoms with Crippen molar-refractivity contribution in [2.24, 2.45) is 10.7 Å². The number of rotatable bonds is 8. The molecule has 13 heteroatoms. The van der Waals surface area contributed by atoms with Gasteiger partial charge in [-0.25, -0.2) is 32.5 Å². The standard InChI is InChI=1S/C31H33F4N7O2/c1-16-5-7-20(21(9-16)17(2)11-30(3,32)33)25-27(44)42(29(37)40-25)13-18-6-8-23(31(4,34)35)22(10-18)26(43)41-14-19-12-38-28(36)39-24(19)15-41/h5-10,12,17,25H,11,13-15H2,1-4H3,(H2,37,40)(H2,36,38,39)/t17?,25-/m1/s1. The number of nitrogen functional groups attached to an aromatic ring is 1. The Labute approximate surface area is 252 Å². The van der Waals surface area contributed by atoms with Gasteiger partial charge in [-0.3, -0.25) is 14.5 Å². The van der Waals surface area contributed by atoms with E-state index >= 15 is 0 Å². The number of nitrogens with two attached hydrogens (primary N) is 2. The van der Waals surface area contributed by atoms with E-state index in [0.717, 1.165) is 12.5 Å². The molecule has 44 heavy (non-hydrogen) atoms. The van der Waals surface area contributed by atoms with Gasteiger partial charge in [-0.15, -0.1) is 0 Å². The highest BCUT2D eigenvalue weighted by molar-refractivity contribution is 6.04. The molecule has 0 fully saturated rings. The van der Waals surface area contributed by atoms with Crippen LogP contribution in [0.4, 0.5) is 23.5 Å². The summed E-state index contributed by atoms with van der Waals surface area (Å²) < 4.78 is 57.1. The lowest BCUT2D eigenvalue weighted by Crippen LogP contribution is -2.37. The maximum atomic E-state index is 14.7. The quantitative estimate of drug-likeness (QED) is 0.338. The molecule has 2 aromatic carbocycles. The molecule has 1 unspecified atom stereocenters. The molecule has 2 atom stereocenters. The Balaban J connectivity index is 1.42. The number of aliphatic imine (C=N–C) groups is 1. The number of carbonyl (C=O) groups excluding carboxylic acids is 2. The monoisotopic (exact) mass is 611 g/mol. The molecule has 3 aromatic rings. The van der Waals surface area contributed by atoms with Gasteiger partial charge in [0.05, 0.1) is 18.8 Å². The van der Waals surface area contributed by atoms with E-state index < -0.39 is 47.6 Å². The molecule has 5 rings (SSSR count). The fourth-order valence-electron chi connectivity index (χ4n) is 5.81. The molecule has 0 bridgehead atoms. The first kappa shape index (κ1) is 30.9. The highest BCUT2D eigenvalue weighted by Crippen LogP contribution is 2.38. The molecule has 2 aliphatic heterocycles. The average Bonchev–Trinajstić information content (AvgIpc) is 3.47. The average molecular weight is 612 g/mol. The molecule has 4 N–H and O–H groups in total. The highest BCUT2D eigenvalue weighted by Gasteiger charge is 2.38. The third kappa shape index (κ3) is 6.22. The van der Waals surface area contributed by atoms with E-state index in [9.17, 15) is 27.2 Å². The number of hydrogen-bond acceptors (Lipinski definition) is 7. The number of anilines is 1. The maximum Gasteiger partial charge on any atom is 0.271 e. The van der Waals surface area contributed by atoms with Crippen molar-refractivity contribution >= 4 is 23.7 Å². The van der Waals surface area contributed by atoms with E-state index in [-0.39, 0.29) is 37.1 Å². The summed E-state index contributed by atoms with van der Waals surface area (Å²) in [6.07, 6.45) is 1.09. The van der Waals surface area contributed by atoms with Gasteiger partial charge in [-0.2, -0.15) is 0 Å². The SMILES string of the molecule is Cc1ccc([C@H]2N=C(N)N(Cc3ccc(C(C)(F)F)c(C(=O)N4Cc5cnc(N)nc5C4)c3)C2=O)c(C(C)CC(C)(F)F)c1. The second-order valence-corrected chi connectivity index (χ2v) is 11.8. The molecule has 2 aliphatic rings. The lowest BCUT2D eigenvalue weighted by molar-refractivity contribution is -0.127. The summed E-state index contributed by atoms with van der Waals surface area (Å²) in [7, 11) is 0. The third-order valence-electron chi connectivity index (χ3n) is 7.86. The number of benzene rings is 2. The van der Waals surface area contributed by atoms with Crippen molar-refractivity contribution in [2.45, 2.75) is 77.6 Å². The molecule has 0 aliphatic carbocycles. The highest BCUT2D eigenvalue weighted by atomic mass is 19.3. The lowest BCUT2D eigenvalue weighted by atomic mass is 9.87. The van der Waals surface area contributed by atoms with Gasteiger partial charge < -0.3 is 16.4 Å². The zero-order valence-electron chi connectivity index (χ0n) is 24.7. The van der Waals surface area contributed by atoms with Crippen LogP contribution < -0.4 is 11.5 Å². The van der Waals surface area contributed by atoms with Gasteiger partial charge in [-0.1, -0.05) is 42.8 Å². The van der Waals surface area contributed by atoms with Crippen LogP contribution in [-0.4, -0.2) is 43.5 Å². The van der Waals surface area contributed by atoms with Crippen molar-refractivity contribution in [1.29, 1.82) is 0 Å². The van der Waals surface area contributed by atoms with Gasteiger partial charge in [0, 0.05) is 42.8 Å². The van der Waals surface area contributed by atoms with Crippen LogP contribution in [0.25, 0.3) is 0 Å². The number of aromatic nitrogens is 2. The van der Waals surface area contributed by atoms with Crippen molar-refractivity contribution in [3.05, 3.63) is 87.2 Å². The Morgan fingerprint density at radius 1 is 1.09 bits per heavy atom. The number of carbonyl (C=O) groups is 2. The van der Waals surface area contributed by atoms with Crippen LogP contribution in [0.15, 0.2) is 47.6 Å². The molecule has 1 aromatic heterocycles. The number of hydrogen-bond donors (Lipinski definition) is 2. The summed E-state index contributed by atoms with van der Waals surface area (Å²) in [5.74, 6) is -8.01. The zero-order chi connectivity index (χ0) is 32.1. The van der Waals surface area contributed by atoms with Gasteiger partial charge >= 0.3 is 0 Å². The van der Waals surface area contributed by atoms with E-state index in [1.54, 1.807) is 25.1 Å². The predicted octanol–water partition coefficient (Wildman–Crippen LogP) is 5.18. The van der Waals surface area contributed by atoms with Crippen LogP contribution in [0.5, 0.6) is 0 Å². The number of amides is 2. The summed E-state index contributed by atoms with van der Waals surface area (Å²) in [6.45, 7) is 5.11. The molecule has 232 valence electrons. The molecule has 0 saturated carbocycles. The minimum absolute atomic E-state index is 0.0455. The number of aryl methyl sites for hydroxylation is 1. The predicted molar refractivity (Wildman–Crippen MR) is 156 cm³/mol. The van der Waals surface area contributed by atoms with Crippen molar-refractivity contribution < 1.29 is 27.2 Å². The number of guanidine groups is 1. The summed E-state index contributed by atoms with van der Waals surface area (Å²) in [4.78, 5) is 42.2. The van der Waals surface area contributed by atoms with Crippen LogP contribution in [-0.2, 0) is 30.4 Å². The number of nitrogens with zero attached hydrogens (tertiary/aromatic N) is 5. The van der Waals surface area contributed by atoms with E-state index in [1.165, 1.54) is 34.2 Å². The minimum atomic E-state index is -3.33. The molecule has 0 radical (unpaired) electrons. The zero-order valence-corrected chi connectivity index (χ0v) is 24.7. The maximum absolute atomic E-state index is 14.7. The van der Waals surface area contributed by atoms with Gasteiger partial charge in [0.25, 0.3) is 17.7 Å². The largest absolute Gasteiger partial charge is 0.369 e. The van der Waals surface area contributed by atoms with Crippen LogP contribution in [0.1, 0.15) is 88.6 Å². The Morgan fingerprint density at radius 2 is 1.82 bits per heavy atom. The first-order chi connectivity index (χ1) is 20.5. The topological polar surface area (TPSA) is 131 Å². The van der Waals surface area contributed by atoms with E-state index in [4.69, 9.17) is 11.5 Å². The molecule has 9 nitrogen and oxygen atoms in total. The molecule has 0 spiro atoms. The normalized spacial score (nSPS) is 17.6. The van der Waals surface area contributed by atoms with Crippen molar-refractivity contribution in [3.63, 3.8) is 0 Å². The van der Waals surface area contributed by atoms with Crippen molar-refractivity contribution in [3.8, 4) is 0 Å². The molecular weight excluding hydrogens is 578 g/mol. The van der Waals surface area contributed by atoms with Gasteiger partial charge in [0.1, 0.15) is 0 Å². The van der Waals surface area contributed by atoms with Gasteiger partial charge in [-0.05, 0) is 42.5 Å². The Kier molecular flexibility index (Phi) is 7.85. The van der Waals surface area contributed by atoms with E-state index in [0.29, 0.717) is 34.9 Å². The Hall–Kier alpha value is -4.55. The second kappa shape index (κ2) is 11.2. The third-order valence-corrected chi connectivity index (χ3v) is 7.86. The van der Waals surface area contributed by atoms with Crippen LogP contribution in [0.3, 0.4) is 0 Å². The first-order valence-corrected chi connectivity index (χ1v) is 14.1. The second-order valence-electron chi connectivity index (χ2n) is 11.8.